The van der Waals surface area contributed by atoms with E-state index in [9.17, 15) is 4.79 Å². The van der Waals surface area contributed by atoms with E-state index in [1.165, 1.54) is 7.11 Å². The van der Waals surface area contributed by atoms with Gasteiger partial charge in [0.25, 0.3) is 0 Å². The molecule has 5 heteroatoms. The van der Waals surface area contributed by atoms with Crippen molar-refractivity contribution in [3.8, 4) is 0 Å². The number of methoxy groups -OCH3 is 1. The minimum Gasteiger partial charge on any atom is -0.468 e. The maximum Gasteiger partial charge on any atom is 0.322 e. The molecule has 3 N–H and O–H groups in total. The Morgan fingerprint density at radius 1 is 1.47 bits per heavy atom. The zero-order chi connectivity index (χ0) is 13.5. The topological polar surface area (TPSA) is 62.4 Å². The standard InChI is InChI=1S/C14H21N3O2/c1-19-14(18)13(7-12-9-15-10-17-12)16-8-11-5-3-2-4-6-11/h2-6,12-13,15-17H,7-10H2,1H3. The molecular formula is C14H21N3O2. The van der Waals surface area contributed by atoms with E-state index in [1.807, 2.05) is 30.3 Å². The molecule has 1 aromatic rings. The first-order chi connectivity index (χ1) is 9.29. The Morgan fingerprint density at radius 3 is 2.89 bits per heavy atom. The van der Waals surface area contributed by atoms with Crippen molar-refractivity contribution >= 4 is 5.97 Å². The summed E-state index contributed by atoms with van der Waals surface area (Å²) in [6, 6.07) is 10.1. The summed E-state index contributed by atoms with van der Waals surface area (Å²) in [5.74, 6) is -0.204. The molecule has 1 heterocycles. The summed E-state index contributed by atoms with van der Waals surface area (Å²) >= 11 is 0. The summed E-state index contributed by atoms with van der Waals surface area (Å²) in [6.45, 7) is 2.36. The quantitative estimate of drug-likeness (QED) is 0.641. The summed E-state index contributed by atoms with van der Waals surface area (Å²) in [6.07, 6.45) is 0.729. The largest absolute Gasteiger partial charge is 0.468 e. The summed E-state index contributed by atoms with van der Waals surface area (Å²) in [5, 5.41) is 9.79. The van der Waals surface area contributed by atoms with E-state index >= 15 is 0 Å². The number of benzene rings is 1. The van der Waals surface area contributed by atoms with E-state index in [-0.39, 0.29) is 12.0 Å². The summed E-state index contributed by atoms with van der Waals surface area (Å²) in [4.78, 5) is 11.8. The highest BCUT2D eigenvalue weighted by Crippen LogP contribution is 2.05. The SMILES string of the molecule is COC(=O)C(CC1CNCN1)NCc1ccccc1. The lowest BCUT2D eigenvalue weighted by Gasteiger charge is -2.19. The second-order valence-corrected chi connectivity index (χ2v) is 4.71. The van der Waals surface area contributed by atoms with E-state index in [2.05, 4.69) is 16.0 Å². The third-order valence-electron chi connectivity index (χ3n) is 3.31. The Bertz CT molecular complexity index is 391. The lowest BCUT2D eigenvalue weighted by atomic mass is 10.1. The minimum atomic E-state index is -0.275. The highest BCUT2D eigenvalue weighted by atomic mass is 16.5. The number of esters is 1. The van der Waals surface area contributed by atoms with Crippen LogP contribution in [-0.2, 0) is 16.1 Å². The van der Waals surface area contributed by atoms with Crippen LogP contribution in [0.5, 0.6) is 0 Å². The number of carbonyl (C=O) groups excluding carboxylic acids is 1. The van der Waals surface area contributed by atoms with Crippen LogP contribution in [0.2, 0.25) is 0 Å². The second-order valence-electron chi connectivity index (χ2n) is 4.71. The van der Waals surface area contributed by atoms with Gasteiger partial charge in [0.15, 0.2) is 0 Å². The lowest BCUT2D eigenvalue weighted by Crippen LogP contribution is -2.42. The van der Waals surface area contributed by atoms with Gasteiger partial charge in [-0.05, 0) is 12.0 Å². The molecule has 1 saturated heterocycles. The van der Waals surface area contributed by atoms with Crippen LogP contribution >= 0.6 is 0 Å². The minimum absolute atomic E-state index is 0.204. The number of carbonyl (C=O) groups is 1. The number of rotatable bonds is 6. The van der Waals surface area contributed by atoms with Gasteiger partial charge in [-0.2, -0.15) is 0 Å². The third-order valence-corrected chi connectivity index (χ3v) is 3.31. The average molecular weight is 263 g/mol. The van der Waals surface area contributed by atoms with Gasteiger partial charge in [-0.3, -0.25) is 4.79 Å². The molecule has 0 spiro atoms. The Hall–Kier alpha value is -1.43. The van der Waals surface area contributed by atoms with Gasteiger partial charge in [-0.1, -0.05) is 30.3 Å². The first kappa shape index (κ1) is 14.0. The van der Waals surface area contributed by atoms with Crippen LogP contribution in [0, 0.1) is 0 Å². The fourth-order valence-electron chi connectivity index (χ4n) is 2.23. The van der Waals surface area contributed by atoms with Crippen LogP contribution in [0.25, 0.3) is 0 Å². The highest BCUT2D eigenvalue weighted by Gasteiger charge is 2.24. The van der Waals surface area contributed by atoms with E-state index in [0.29, 0.717) is 12.6 Å². The van der Waals surface area contributed by atoms with E-state index in [1.54, 1.807) is 0 Å². The van der Waals surface area contributed by atoms with Crippen LogP contribution in [0.3, 0.4) is 0 Å². The Kier molecular flexibility index (Phi) is 5.32. The molecule has 2 unspecified atom stereocenters. The molecule has 0 aliphatic carbocycles. The number of nitrogens with one attached hydrogen (secondary N) is 3. The molecule has 0 amide bonds. The summed E-state index contributed by atoms with van der Waals surface area (Å²) in [5.41, 5.74) is 1.16. The Morgan fingerprint density at radius 2 is 2.26 bits per heavy atom. The smallest absolute Gasteiger partial charge is 0.322 e. The van der Waals surface area contributed by atoms with Gasteiger partial charge in [0.1, 0.15) is 6.04 Å². The van der Waals surface area contributed by atoms with Crippen molar-refractivity contribution in [2.24, 2.45) is 0 Å². The summed E-state index contributed by atoms with van der Waals surface area (Å²) in [7, 11) is 1.43. The van der Waals surface area contributed by atoms with Crippen molar-refractivity contribution < 1.29 is 9.53 Å². The molecule has 0 bridgehead atoms. The van der Waals surface area contributed by atoms with Gasteiger partial charge in [0.2, 0.25) is 0 Å². The molecule has 1 aliphatic rings. The Labute approximate surface area is 113 Å². The van der Waals surface area contributed by atoms with E-state index < -0.39 is 0 Å². The average Bonchev–Trinajstić information content (AvgIpc) is 2.96. The van der Waals surface area contributed by atoms with Gasteiger partial charge < -0.3 is 20.7 Å². The molecule has 1 aliphatic heterocycles. The van der Waals surface area contributed by atoms with Gasteiger partial charge in [0.05, 0.1) is 7.11 Å². The van der Waals surface area contributed by atoms with Gasteiger partial charge in [0, 0.05) is 25.8 Å². The van der Waals surface area contributed by atoms with E-state index in [4.69, 9.17) is 4.74 Å². The van der Waals surface area contributed by atoms with Gasteiger partial charge in [-0.15, -0.1) is 0 Å². The third kappa shape index (κ3) is 4.31. The number of hydrogen-bond donors (Lipinski definition) is 3. The molecule has 2 rings (SSSR count). The molecule has 1 aromatic carbocycles. The fraction of sp³-hybridized carbons (Fsp3) is 0.500. The van der Waals surface area contributed by atoms with Crippen LogP contribution in [0.1, 0.15) is 12.0 Å². The van der Waals surface area contributed by atoms with Crippen molar-refractivity contribution in [3.63, 3.8) is 0 Å². The predicted molar refractivity (Wildman–Crippen MR) is 73.5 cm³/mol. The lowest BCUT2D eigenvalue weighted by molar-refractivity contribution is -0.143. The second kappa shape index (κ2) is 7.23. The first-order valence-electron chi connectivity index (χ1n) is 6.59. The molecular weight excluding hydrogens is 242 g/mol. The maximum atomic E-state index is 11.8. The molecule has 1 fully saturated rings. The van der Waals surface area contributed by atoms with Crippen molar-refractivity contribution in [2.45, 2.75) is 25.0 Å². The summed E-state index contributed by atoms with van der Waals surface area (Å²) < 4.78 is 4.86. The molecule has 0 saturated carbocycles. The van der Waals surface area contributed by atoms with Gasteiger partial charge in [-0.25, -0.2) is 0 Å². The van der Waals surface area contributed by atoms with Crippen molar-refractivity contribution in [3.05, 3.63) is 35.9 Å². The van der Waals surface area contributed by atoms with Crippen LogP contribution in [0.4, 0.5) is 0 Å². The highest BCUT2D eigenvalue weighted by molar-refractivity contribution is 5.75. The normalized spacial score (nSPS) is 20.2. The molecule has 19 heavy (non-hydrogen) atoms. The van der Waals surface area contributed by atoms with E-state index in [0.717, 1.165) is 25.2 Å². The van der Waals surface area contributed by atoms with Crippen LogP contribution in [0.15, 0.2) is 30.3 Å². The van der Waals surface area contributed by atoms with Crippen LogP contribution < -0.4 is 16.0 Å². The predicted octanol–water partition coefficient (Wildman–Crippen LogP) is 0.227. The zero-order valence-electron chi connectivity index (χ0n) is 11.2. The molecule has 104 valence electrons. The number of ether oxygens (including phenoxy) is 1. The van der Waals surface area contributed by atoms with Crippen molar-refractivity contribution in [1.29, 1.82) is 0 Å². The van der Waals surface area contributed by atoms with Crippen molar-refractivity contribution in [2.75, 3.05) is 20.3 Å². The van der Waals surface area contributed by atoms with Crippen molar-refractivity contribution in [1.82, 2.24) is 16.0 Å². The fourth-order valence-corrected chi connectivity index (χ4v) is 2.23. The maximum absolute atomic E-state index is 11.8. The monoisotopic (exact) mass is 263 g/mol. The molecule has 0 radical (unpaired) electrons. The van der Waals surface area contributed by atoms with Gasteiger partial charge >= 0.3 is 5.97 Å². The number of hydrogen-bond acceptors (Lipinski definition) is 5. The molecule has 5 nitrogen and oxygen atoms in total. The molecule has 2 atom stereocenters. The zero-order valence-corrected chi connectivity index (χ0v) is 11.2. The molecule has 0 aromatic heterocycles. The first-order valence-corrected chi connectivity index (χ1v) is 6.59. The van der Waals surface area contributed by atoms with Crippen LogP contribution in [-0.4, -0.2) is 38.4 Å². The Balaban J connectivity index is 1.88.